The van der Waals surface area contributed by atoms with E-state index in [9.17, 15) is 22.4 Å². The fraction of sp³-hybridized carbons (Fsp3) is 0.158. The summed E-state index contributed by atoms with van der Waals surface area (Å²) in [5.41, 5.74) is 2.25. The number of pyridine rings is 1. The predicted molar refractivity (Wildman–Crippen MR) is 105 cm³/mol. The van der Waals surface area contributed by atoms with Gasteiger partial charge in [-0.2, -0.15) is 13.2 Å². The van der Waals surface area contributed by atoms with E-state index in [-0.39, 0.29) is 5.69 Å². The molecule has 0 atom stereocenters. The van der Waals surface area contributed by atoms with Gasteiger partial charge in [-0.15, -0.1) is 0 Å². The zero-order valence-electron chi connectivity index (χ0n) is 15.8. The molecule has 4 N–H and O–H groups in total. The number of carbonyl (C=O) groups is 1. The Morgan fingerprint density at radius 3 is 2.68 bits per heavy atom. The molecule has 0 fully saturated rings. The largest absolute Gasteiger partial charge is 0.422 e. The zero-order valence-corrected chi connectivity index (χ0v) is 15.8. The molecule has 2 heterocycles. The molecule has 12 heteroatoms. The maximum Gasteiger partial charge on any atom is 0.405 e. The average molecular weight is 436 g/mol. The molecule has 0 bridgehead atoms. The second-order valence-electron chi connectivity index (χ2n) is 6.28. The molecule has 3 rings (SSSR count). The van der Waals surface area contributed by atoms with E-state index < -0.39 is 37.2 Å². The van der Waals surface area contributed by atoms with Gasteiger partial charge in [0.15, 0.2) is 6.67 Å². The molecule has 0 radical (unpaired) electrons. The number of urea groups is 1. The number of nitrogens with one attached hydrogen (secondary N) is 4. The lowest BCUT2D eigenvalue weighted by Crippen LogP contribution is -2.36. The van der Waals surface area contributed by atoms with Crippen molar-refractivity contribution in [3.8, 4) is 11.3 Å². The molecular formula is C19H16F4N6O2. The Hall–Kier alpha value is -3.96. The van der Waals surface area contributed by atoms with Crippen molar-refractivity contribution < 1.29 is 27.1 Å². The van der Waals surface area contributed by atoms with Crippen LogP contribution in [0.5, 0.6) is 0 Å². The molecule has 162 valence electrons. The first-order chi connectivity index (χ1) is 14.7. The monoisotopic (exact) mass is 436 g/mol. The fourth-order valence-corrected chi connectivity index (χ4v) is 2.66. The summed E-state index contributed by atoms with van der Waals surface area (Å²) in [6, 6.07) is 8.49. The highest BCUT2D eigenvalue weighted by Crippen LogP contribution is 2.24. The first-order valence-corrected chi connectivity index (χ1v) is 8.75. The third kappa shape index (κ3) is 5.56. The van der Waals surface area contributed by atoms with Crippen molar-refractivity contribution >= 4 is 29.2 Å². The van der Waals surface area contributed by atoms with Crippen LogP contribution >= 0.6 is 0 Å². The van der Waals surface area contributed by atoms with Gasteiger partial charge in [-0.25, -0.2) is 14.2 Å². The Balaban J connectivity index is 1.79. The molecule has 0 spiro atoms. The second kappa shape index (κ2) is 8.81. The van der Waals surface area contributed by atoms with Crippen LogP contribution in [0.25, 0.3) is 16.9 Å². The number of carbonyl (C=O) groups excluding carboxylic acids is 1. The minimum Gasteiger partial charge on any atom is -0.422 e. The van der Waals surface area contributed by atoms with Gasteiger partial charge in [0.2, 0.25) is 11.8 Å². The van der Waals surface area contributed by atoms with Crippen LogP contribution in [0.15, 0.2) is 48.8 Å². The standard InChI is InChI=1S/C19H16F4N6O2/c20-8-15(24)31-17(25)12-4-5-29-14(9-26-16(29)7-12)11-2-1-3-13(6-11)28-18(30)27-10-19(21,22)23/h1-7,9,24-25H,8,10H2,(H2,27,28,30). The summed E-state index contributed by atoms with van der Waals surface area (Å²) in [6.07, 6.45) is -1.38. The van der Waals surface area contributed by atoms with Crippen molar-refractivity contribution in [2.75, 3.05) is 18.5 Å². The maximum atomic E-state index is 12.4. The van der Waals surface area contributed by atoms with Crippen molar-refractivity contribution in [1.82, 2.24) is 14.7 Å². The van der Waals surface area contributed by atoms with Crippen LogP contribution in [-0.4, -0.2) is 46.6 Å². The van der Waals surface area contributed by atoms with E-state index in [0.717, 1.165) is 0 Å². The molecule has 0 aliphatic carbocycles. The Bertz CT molecular complexity index is 1140. The zero-order chi connectivity index (χ0) is 22.6. The summed E-state index contributed by atoms with van der Waals surface area (Å²) in [7, 11) is 0. The minimum absolute atomic E-state index is 0.281. The number of benzene rings is 1. The number of rotatable bonds is 5. The van der Waals surface area contributed by atoms with E-state index in [2.05, 4.69) is 10.3 Å². The molecule has 0 aliphatic rings. The van der Waals surface area contributed by atoms with Crippen molar-refractivity contribution in [3.05, 3.63) is 54.4 Å². The highest BCUT2D eigenvalue weighted by Gasteiger charge is 2.27. The van der Waals surface area contributed by atoms with Crippen LogP contribution in [0.2, 0.25) is 0 Å². The van der Waals surface area contributed by atoms with Crippen LogP contribution in [0.3, 0.4) is 0 Å². The molecule has 3 aromatic rings. The van der Waals surface area contributed by atoms with Crippen molar-refractivity contribution in [3.63, 3.8) is 0 Å². The molecule has 0 saturated heterocycles. The number of fused-ring (bicyclic) bond motifs is 1. The number of nitrogens with zero attached hydrogens (tertiary/aromatic N) is 2. The van der Waals surface area contributed by atoms with E-state index in [1.165, 1.54) is 24.4 Å². The summed E-state index contributed by atoms with van der Waals surface area (Å²) in [5.74, 6) is -1.08. The maximum absolute atomic E-state index is 12.4. The number of anilines is 1. The van der Waals surface area contributed by atoms with Crippen LogP contribution in [0, 0.1) is 10.8 Å². The number of hydrogen-bond acceptors (Lipinski definition) is 5. The number of hydrogen-bond donors (Lipinski definition) is 4. The molecule has 0 aliphatic heterocycles. The third-order valence-electron chi connectivity index (χ3n) is 3.99. The SMILES string of the molecule is N=C(CF)OC(=N)c1ccn2c(-c3cccc(NC(=O)NCC(F)(F)F)c3)cnc2c1. The van der Waals surface area contributed by atoms with Gasteiger partial charge in [0.25, 0.3) is 0 Å². The first-order valence-electron chi connectivity index (χ1n) is 8.75. The Labute approximate surface area is 172 Å². The summed E-state index contributed by atoms with van der Waals surface area (Å²) in [6.45, 7) is -2.58. The second-order valence-corrected chi connectivity index (χ2v) is 6.28. The van der Waals surface area contributed by atoms with Gasteiger partial charge in [0.05, 0.1) is 11.9 Å². The van der Waals surface area contributed by atoms with Gasteiger partial charge in [0.1, 0.15) is 12.2 Å². The topological polar surface area (TPSA) is 115 Å². The fourth-order valence-electron chi connectivity index (χ4n) is 2.66. The normalized spacial score (nSPS) is 11.2. The summed E-state index contributed by atoms with van der Waals surface area (Å²) in [4.78, 5) is 15.9. The smallest absolute Gasteiger partial charge is 0.405 e. The molecular weight excluding hydrogens is 420 g/mol. The van der Waals surface area contributed by atoms with Gasteiger partial charge >= 0.3 is 12.2 Å². The Kier molecular flexibility index (Phi) is 6.18. The van der Waals surface area contributed by atoms with Gasteiger partial charge < -0.3 is 15.4 Å². The average Bonchev–Trinajstić information content (AvgIpc) is 3.15. The van der Waals surface area contributed by atoms with Crippen molar-refractivity contribution in [1.29, 1.82) is 10.8 Å². The summed E-state index contributed by atoms with van der Waals surface area (Å²) >= 11 is 0. The highest BCUT2D eigenvalue weighted by atomic mass is 19.4. The quantitative estimate of drug-likeness (QED) is 0.276. The van der Waals surface area contributed by atoms with E-state index in [0.29, 0.717) is 22.5 Å². The van der Waals surface area contributed by atoms with Crippen LogP contribution < -0.4 is 10.6 Å². The van der Waals surface area contributed by atoms with Crippen LogP contribution in [0.4, 0.5) is 28.0 Å². The van der Waals surface area contributed by atoms with E-state index in [4.69, 9.17) is 15.6 Å². The molecule has 2 amide bonds. The van der Waals surface area contributed by atoms with Gasteiger partial charge in [-0.05, 0) is 24.3 Å². The number of alkyl halides is 4. The van der Waals surface area contributed by atoms with Crippen LogP contribution in [-0.2, 0) is 4.74 Å². The summed E-state index contributed by atoms with van der Waals surface area (Å²) < 4.78 is 55.4. The molecule has 0 unspecified atom stereocenters. The molecule has 2 aromatic heterocycles. The molecule has 0 saturated carbocycles. The minimum atomic E-state index is -4.51. The van der Waals surface area contributed by atoms with E-state index >= 15 is 0 Å². The lowest BCUT2D eigenvalue weighted by atomic mass is 10.1. The Morgan fingerprint density at radius 2 is 1.97 bits per heavy atom. The number of halogens is 4. The van der Waals surface area contributed by atoms with Crippen molar-refractivity contribution in [2.24, 2.45) is 0 Å². The van der Waals surface area contributed by atoms with Crippen molar-refractivity contribution in [2.45, 2.75) is 6.18 Å². The Morgan fingerprint density at radius 1 is 1.19 bits per heavy atom. The number of ether oxygens (including phenoxy) is 1. The van der Waals surface area contributed by atoms with E-state index in [1.54, 1.807) is 34.1 Å². The number of aromatic nitrogens is 2. The van der Waals surface area contributed by atoms with Gasteiger partial charge in [-0.1, -0.05) is 12.1 Å². The molecule has 8 nitrogen and oxygen atoms in total. The highest BCUT2D eigenvalue weighted by molar-refractivity contribution is 6.00. The van der Waals surface area contributed by atoms with Gasteiger partial charge in [0, 0.05) is 23.0 Å². The number of imidazole rings is 1. The lowest BCUT2D eigenvalue weighted by molar-refractivity contribution is -0.122. The predicted octanol–water partition coefficient (Wildman–Crippen LogP) is 3.97. The molecule has 1 aromatic carbocycles. The molecule has 31 heavy (non-hydrogen) atoms. The van der Waals surface area contributed by atoms with E-state index in [1.807, 2.05) is 0 Å². The third-order valence-corrected chi connectivity index (χ3v) is 3.99. The van der Waals surface area contributed by atoms with Crippen LogP contribution in [0.1, 0.15) is 5.56 Å². The van der Waals surface area contributed by atoms with Gasteiger partial charge in [-0.3, -0.25) is 15.2 Å². The first kappa shape index (κ1) is 21.7. The number of amides is 2. The lowest BCUT2D eigenvalue weighted by Gasteiger charge is -2.11. The summed E-state index contributed by atoms with van der Waals surface area (Å²) in [5, 5.41) is 19.0.